The minimum absolute atomic E-state index is 0.0172. The number of anilines is 1. The first kappa shape index (κ1) is 16.2. The van der Waals surface area contributed by atoms with Crippen molar-refractivity contribution in [1.82, 2.24) is 0 Å². The maximum absolute atomic E-state index is 11.8. The second-order valence-electron chi connectivity index (χ2n) is 5.26. The molecule has 20 heavy (non-hydrogen) atoms. The van der Waals surface area contributed by atoms with Gasteiger partial charge in [-0.25, -0.2) is 0 Å². The Labute approximate surface area is 120 Å². The highest BCUT2D eigenvalue weighted by molar-refractivity contribution is 5.91. The van der Waals surface area contributed by atoms with Gasteiger partial charge in [0, 0.05) is 18.5 Å². The number of carbonyl (C=O) groups excluding carboxylic acids is 1. The number of aryl methyl sites for hydroxylation is 1. The number of aliphatic carboxylic acids is 1. The summed E-state index contributed by atoms with van der Waals surface area (Å²) in [6.07, 6.45) is 3.63. The topological polar surface area (TPSA) is 66.4 Å². The molecule has 4 heteroatoms. The van der Waals surface area contributed by atoms with Crippen LogP contribution in [0.15, 0.2) is 24.3 Å². The van der Waals surface area contributed by atoms with E-state index in [1.165, 1.54) is 18.4 Å². The van der Waals surface area contributed by atoms with Gasteiger partial charge < -0.3 is 10.4 Å². The van der Waals surface area contributed by atoms with E-state index in [4.69, 9.17) is 5.11 Å². The summed E-state index contributed by atoms with van der Waals surface area (Å²) < 4.78 is 0. The van der Waals surface area contributed by atoms with E-state index in [-0.39, 0.29) is 24.7 Å². The largest absolute Gasteiger partial charge is 0.481 e. The van der Waals surface area contributed by atoms with Crippen LogP contribution >= 0.6 is 0 Å². The SMILES string of the molecule is CCCCc1ccc(NC(=O)CC(C)CC(=O)O)cc1. The number of nitrogens with one attached hydrogen (secondary N) is 1. The van der Waals surface area contributed by atoms with E-state index in [0.29, 0.717) is 0 Å². The number of hydrogen-bond acceptors (Lipinski definition) is 2. The molecular formula is C16H23NO3. The van der Waals surface area contributed by atoms with Gasteiger partial charge in [-0.3, -0.25) is 9.59 Å². The molecule has 1 amide bonds. The molecule has 1 atom stereocenters. The van der Waals surface area contributed by atoms with Crippen molar-refractivity contribution in [2.45, 2.75) is 46.0 Å². The van der Waals surface area contributed by atoms with Crippen LogP contribution in [0, 0.1) is 5.92 Å². The zero-order chi connectivity index (χ0) is 15.0. The Balaban J connectivity index is 2.43. The molecular weight excluding hydrogens is 254 g/mol. The van der Waals surface area contributed by atoms with Crippen molar-refractivity contribution in [3.05, 3.63) is 29.8 Å². The Morgan fingerprint density at radius 2 is 1.85 bits per heavy atom. The lowest BCUT2D eigenvalue weighted by Crippen LogP contribution is -2.16. The average molecular weight is 277 g/mol. The number of benzene rings is 1. The summed E-state index contributed by atoms with van der Waals surface area (Å²) >= 11 is 0. The molecule has 2 N–H and O–H groups in total. The van der Waals surface area contributed by atoms with Crippen molar-refractivity contribution in [3.63, 3.8) is 0 Å². The number of carboxylic acids is 1. The third kappa shape index (κ3) is 6.36. The summed E-state index contributed by atoms with van der Waals surface area (Å²) in [7, 11) is 0. The summed E-state index contributed by atoms with van der Waals surface area (Å²) in [4.78, 5) is 22.3. The van der Waals surface area contributed by atoms with E-state index in [2.05, 4.69) is 12.2 Å². The van der Waals surface area contributed by atoms with Gasteiger partial charge in [-0.15, -0.1) is 0 Å². The standard InChI is InChI=1S/C16H23NO3/c1-3-4-5-13-6-8-14(9-7-13)17-15(18)10-12(2)11-16(19)20/h6-9,12H,3-5,10-11H2,1-2H3,(H,17,18)(H,19,20). The smallest absolute Gasteiger partial charge is 0.303 e. The van der Waals surface area contributed by atoms with Gasteiger partial charge in [-0.05, 0) is 36.5 Å². The van der Waals surface area contributed by atoms with Gasteiger partial charge in [0.15, 0.2) is 0 Å². The monoisotopic (exact) mass is 277 g/mol. The third-order valence-corrected chi connectivity index (χ3v) is 3.11. The van der Waals surface area contributed by atoms with Crippen LogP contribution in [0.3, 0.4) is 0 Å². The predicted molar refractivity (Wildman–Crippen MR) is 79.7 cm³/mol. The van der Waals surface area contributed by atoms with Crippen LogP contribution in [-0.4, -0.2) is 17.0 Å². The number of rotatable bonds is 8. The third-order valence-electron chi connectivity index (χ3n) is 3.11. The molecule has 1 aromatic carbocycles. The number of hydrogen-bond donors (Lipinski definition) is 2. The molecule has 0 fully saturated rings. The fraction of sp³-hybridized carbons (Fsp3) is 0.500. The van der Waals surface area contributed by atoms with E-state index in [1.807, 2.05) is 24.3 Å². The van der Waals surface area contributed by atoms with Gasteiger partial charge >= 0.3 is 5.97 Å². The van der Waals surface area contributed by atoms with Crippen molar-refractivity contribution in [3.8, 4) is 0 Å². The summed E-state index contributed by atoms with van der Waals surface area (Å²) in [6.45, 7) is 3.93. The normalized spacial score (nSPS) is 11.9. The summed E-state index contributed by atoms with van der Waals surface area (Å²) in [5, 5.41) is 11.5. The van der Waals surface area contributed by atoms with Gasteiger partial charge in [0.2, 0.25) is 5.91 Å². The molecule has 1 unspecified atom stereocenters. The number of amides is 1. The maximum atomic E-state index is 11.8. The lowest BCUT2D eigenvalue weighted by Gasteiger charge is -2.10. The highest BCUT2D eigenvalue weighted by Gasteiger charge is 2.12. The van der Waals surface area contributed by atoms with Gasteiger partial charge in [-0.2, -0.15) is 0 Å². The number of unbranched alkanes of at least 4 members (excludes halogenated alkanes) is 1. The van der Waals surface area contributed by atoms with Crippen LogP contribution in [0.4, 0.5) is 5.69 Å². The fourth-order valence-electron chi connectivity index (χ4n) is 2.03. The molecule has 0 spiro atoms. The molecule has 1 aromatic rings. The van der Waals surface area contributed by atoms with Crippen LogP contribution in [-0.2, 0) is 16.0 Å². The molecule has 0 aromatic heterocycles. The van der Waals surface area contributed by atoms with E-state index in [1.54, 1.807) is 6.92 Å². The van der Waals surface area contributed by atoms with Crippen LogP contribution in [0.25, 0.3) is 0 Å². The summed E-state index contributed by atoms with van der Waals surface area (Å²) in [6, 6.07) is 7.83. The lowest BCUT2D eigenvalue weighted by atomic mass is 10.0. The summed E-state index contributed by atoms with van der Waals surface area (Å²) in [5.41, 5.74) is 2.03. The van der Waals surface area contributed by atoms with Crippen molar-refractivity contribution in [2.24, 2.45) is 5.92 Å². The Morgan fingerprint density at radius 1 is 1.20 bits per heavy atom. The highest BCUT2D eigenvalue weighted by Crippen LogP contribution is 2.14. The first-order chi connectivity index (χ1) is 9.51. The molecule has 0 aliphatic heterocycles. The Bertz CT molecular complexity index is 440. The second kappa shape index (κ2) is 8.35. The van der Waals surface area contributed by atoms with Crippen LogP contribution in [0.1, 0.15) is 45.1 Å². The molecule has 0 bridgehead atoms. The molecule has 110 valence electrons. The molecule has 0 radical (unpaired) electrons. The fourth-order valence-corrected chi connectivity index (χ4v) is 2.03. The zero-order valence-corrected chi connectivity index (χ0v) is 12.2. The first-order valence-electron chi connectivity index (χ1n) is 7.11. The van der Waals surface area contributed by atoms with Crippen molar-refractivity contribution >= 4 is 17.6 Å². The summed E-state index contributed by atoms with van der Waals surface area (Å²) in [5.74, 6) is -1.16. The van der Waals surface area contributed by atoms with Crippen molar-refractivity contribution in [2.75, 3.05) is 5.32 Å². The van der Waals surface area contributed by atoms with Gasteiger partial charge in [0.05, 0.1) is 0 Å². The van der Waals surface area contributed by atoms with Gasteiger partial charge in [0.25, 0.3) is 0 Å². The quantitative estimate of drug-likeness (QED) is 0.764. The van der Waals surface area contributed by atoms with Crippen LogP contribution in [0.5, 0.6) is 0 Å². The van der Waals surface area contributed by atoms with E-state index >= 15 is 0 Å². The van der Waals surface area contributed by atoms with Crippen LogP contribution < -0.4 is 5.32 Å². The van der Waals surface area contributed by atoms with Crippen molar-refractivity contribution in [1.29, 1.82) is 0 Å². The average Bonchev–Trinajstić information content (AvgIpc) is 2.36. The van der Waals surface area contributed by atoms with E-state index < -0.39 is 5.97 Å². The number of carboxylic acid groups (broad SMARTS) is 1. The number of carbonyl (C=O) groups is 2. The molecule has 0 aliphatic rings. The minimum Gasteiger partial charge on any atom is -0.481 e. The Hall–Kier alpha value is -1.84. The Morgan fingerprint density at radius 3 is 2.40 bits per heavy atom. The molecule has 4 nitrogen and oxygen atoms in total. The lowest BCUT2D eigenvalue weighted by molar-refractivity contribution is -0.138. The van der Waals surface area contributed by atoms with Gasteiger partial charge in [0.1, 0.15) is 0 Å². The van der Waals surface area contributed by atoms with Crippen molar-refractivity contribution < 1.29 is 14.7 Å². The molecule has 0 aliphatic carbocycles. The molecule has 0 saturated heterocycles. The molecule has 0 heterocycles. The van der Waals surface area contributed by atoms with Gasteiger partial charge in [-0.1, -0.05) is 32.4 Å². The van der Waals surface area contributed by atoms with E-state index in [9.17, 15) is 9.59 Å². The maximum Gasteiger partial charge on any atom is 0.303 e. The van der Waals surface area contributed by atoms with Crippen LogP contribution in [0.2, 0.25) is 0 Å². The minimum atomic E-state index is -0.870. The highest BCUT2D eigenvalue weighted by atomic mass is 16.4. The molecule has 0 saturated carbocycles. The van der Waals surface area contributed by atoms with E-state index in [0.717, 1.165) is 12.1 Å². The first-order valence-corrected chi connectivity index (χ1v) is 7.11. The molecule has 1 rings (SSSR count). The second-order valence-corrected chi connectivity index (χ2v) is 5.26. The Kier molecular flexibility index (Phi) is 6.77. The predicted octanol–water partition coefficient (Wildman–Crippen LogP) is 3.47. The zero-order valence-electron chi connectivity index (χ0n) is 12.2.